The lowest BCUT2D eigenvalue weighted by molar-refractivity contribution is -0.137. The number of piperazine rings is 1. The van der Waals surface area contributed by atoms with Gasteiger partial charge in [-0.25, -0.2) is 0 Å². The minimum Gasteiger partial charge on any atom is -0.343 e. The predicted octanol–water partition coefficient (Wildman–Crippen LogP) is 0.252. The Balaban J connectivity index is 0.00000220. The third-order valence-corrected chi connectivity index (χ3v) is 3.99. The number of amides is 2. The van der Waals surface area contributed by atoms with Crippen molar-refractivity contribution in [2.45, 2.75) is 32.2 Å². The van der Waals surface area contributed by atoms with Gasteiger partial charge >= 0.3 is 0 Å². The van der Waals surface area contributed by atoms with E-state index in [4.69, 9.17) is 0 Å². The van der Waals surface area contributed by atoms with Gasteiger partial charge in [0, 0.05) is 39.3 Å². The van der Waals surface area contributed by atoms with Crippen molar-refractivity contribution in [1.82, 2.24) is 20.4 Å². The van der Waals surface area contributed by atoms with Crippen molar-refractivity contribution in [3.63, 3.8) is 0 Å². The van der Waals surface area contributed by atoms with Gasteiger partial charge in [0.2, 0.25) is 11.8 Å². The zero-order valence-corrected chi connectivity index (χ0v) is 14.8. The number of hydrogen-bond donors (Lipinski definition) is 2. The van der Waals surface area contributed by atoms with Crippen LogP contribution in [0.1, 0.15) is 26.2 Å². The molecule has 6 nitrogen and oxygen atoms in total. The number of carbonyl (C=O) groups excluding carboxylic acids is 2. The monoisotopic (exact) mass is 354 g/mol. The van der Waals surface area contributed by atoms with Gasteiger partial charge in [0.15, 0.2) is 0 Å². The van der Waals surface area contributed by atoms with Gasteiger partial charge < -0.3 is 15.5 Å². The fraction of sp³-hybridized carbons (Fsp3) is 0.857. The lowest BCUT2D eigenvalue weighted by Gasteiger charge is -2.30. The normalized spacial score (nSPS) is 20.3. The summed E-state index contributed by atoms with van der Waals surface area (Å²) in [6.07, 6.45) is 3.36. The second-order valence-corrected chi connectivity index (χ2v) is 5.70. The average Bonchev–Trinajstić information content (AvgIpc) is 2.48. The quantitative estimate of drug-likeness (QED) is 0.759. The van der Waals surface area contributed by atoms with E-state index in [1.165, 1.54) is 6.42 Å². The first kappa shape index (κ1) is 21.4. The summed E-state index contributed by atoms with van der Waals surface area (Å²) >= 11 is 0. The van der Waals surface area contributed by atoms with Gasteiger partial charge in [0.05, 0.1) is 6.54 Å². The molecule has 0 aromatic heterocycles. The summed E-state index contributed by atoms with van der Waals surface area (Å²) in [6.45, 7) is 7.47. The standard InChI is InChI=1S/C14H26N4O2.2ClH/c1-12(14(20)18-7-3-2-4-8-18)16-13(19)11-17-9-5-15-6-10-17;;/h12,15H,2-11H2,1H3,(H,16,19);2*1H. The first-order valence-corrected chi connectivity index (χ1v) is 7.68. The number of carbonyl (C=O) groups is 2. The van der Waals surface area contributed by atoms with Crippen LogP contribution in [0.4, 0.5) is 0 Å². The molecule has 2 saturated heterocycles. The topological polar surface area (TPSA) is 64.7 Å². The van der Waals surface area contributed by atoms with Gasteiger partial charge in [-0.2, -0.15) is 0 Å². The number of rotatable bonds is 4. The van der Waals surface area contributed by atoms with E-state index < -0.39 is 6.04 Å². The second-order valence-electron chi connectivity index (χ2n) is 5.70. The van der Waals surface area contributed by atoms with Gasteiger partial charge in [0.25, 0.3) is 0 Å². The van der Waals surface area contributed by atoms with E-state index in [2.05, 4.69) is 15.5 Å². The Kier molecular flexibility index (Phi) is 10.8. The maximum Gasteiger partial charge on any atom is 0.244 e. The van der Waals surface area contributed by atoms with Gasteiger partial charge in [-0.3, -0.25) is 14.5 Å². The summed E-state index contributed by atoms with van der Waals surface area (Å²) < 4.78 is 0. The van der Waals surface area contributed by atoms with E-state index in [0.29, 0.717) is 6.54 Å². The number of piperidine rings is 1. The van der Waals surface area contributed by atoms with Crippen LogP contribution in [0.15, 0.2) is 0 Å². The third-order valence-electron chi connectivity index (χ3n) is 3.99. The first-order chi connectivity index (χ1) is 9.66. The molecule has 2 aliphatic rings. The van der Waals surface area contributed by atoms with Gasteiger partial charge in [-0.15, -0.1) is 24.8 Å². The Morgan fingerprint density at radius 2 is 1.64 bits per heavy atom. The van der Waals surface area contributed by atoms with Crippen molar-refractivity contribution >= 4 is 36.6 Å². The molecule has 0 spiro atoms. The van der Waals surface area contributed by atoms with Crippen LogP contribution in [0.3, 0.4) is 0 Å². The van der Waals surface area contributed by atoms with E-state index in [-0.39, 0.29) is 36.6 Å². The number of hydrogen-bond acceptors (Lipinski definition) is 4. The smallest absolute Gasteiger partial charge is 0.244 e. The molecule has 8 heteroatoms. The van der Waals surface area contributed by atoms with E-state index in [0.717, 1.165) is 52.1 Å². The number of likely N-dealkylation sites (tertiary alicyclic amines) is 1. The molecule has 0 saturated carbocycles. The van der Waals surface area contributed by atoms with Gasteiger partial charge in [0.1, 0.15) is 6.04 Å². The van der Waals surface area contributed by atoms with Crippen LogP contribution >= 0.6 is 24.8 Å². The lowest BCUT2D eigenvalue weighted by atomic mass is 10.1. The first-order valence-electron chi connectivity index (χ1n) is 7.68. The fourth-order valence-corrected chi connectivity index (χ4v) is 2.81. The Hall–Kier alpha value is -0.560. The van der Waals surface area contributed by atoms with Crippen LogP contribution < -0.4 is 10.6 Å². The van der Waals surface area contributed by atoms with Crippen LogP contribution in [0.5, 0.6) is 0 Å². The molecular formula is C14H28Cl2N4O2. The highest BCUT2D eigenvalue weighted by Gasteiger charge is 2.24. The fourth-order valence-electron chi connectivity index (χ4n) is 2.81. The van der Waals surface area contributed by atoms with E-state index in [1.807, 2.05) is 4.90 Å². The highest BCUT2D eigenvalue weighted by Crippen LogP contribution is 2.09. The van der Waals surface area contributed by atoms with Crippen LogP contribution in [-0.4, -0.2) is 73.5 Å². The molecule has 2 heterocycles. The number of halogens is 2. The van der Waals surface area contributed by atoms with Crippen LogP contribution in [0.25, 0.3) is 0 Å². The minimum absolute atomic E-state index is 0. The summed E-state index contributed by atoms with van der Waals surface area (Å²) in [4.78, 5) is 28.2. The van der Waals surface area contributed by atoms with Crippen molar-refractivity contribution < 1.29 is 9.59 Å². The summed E-state index contributed by atoms with van der Waals surface area (Å²) in [6, 6.07) is -0.413. The molecule has 0 aliphatic carbocycles. The van der Waals surface area contributed by atoms with Gasteiger partial charge in [-0.05, 0) is 26.2 Å². The zero-order valence-electron chi connectivity index (χ0n) is 13.2. The summed E-state index contributed by atoms with van der Waals surface area (Å²) in [7, 11) is 0. The van der Waals surface area contributed by atoms with Crippen molar-refractivity contribution in [2.24, 2.45) is 0 Å². The highest BCUT2D eigenvalue weighted by atomic mass is 35.5. The molecule has 1 unspecified atom stereocenters. The molecule has 130 valence electrons. The van der Waals surface area contributed by atoms with Crippen LogP contribution in [-0.2, 0) is 9.59 Å². The molecule has 0 bridgehead atoms. The molecule has 2 aliphatic heterocycles. The number of nitrogens with zero attached hydrogens (tertiary/aromatic N) is 2. The molecule has 2 rings (SSSR count). The van der Waals surface area contributed by atoms with Crippen LogP contribution in [0, 0.1) is 0 Å². The molecular weight excluding hydrogens is 327 g/mol. The van der Waals surface area contributed by atoms with Crippen molar-refractivity contribution in [1.29, 1.82) is 0 Å². The molecule has 0 radical (unpaired) electrons. The molecule has 2 N–H and O–H groups in total. The Bertz CT molecular complexity index is 346. The Morgan fingerprint density at radius 3 is 2.23 bits per heavy atom. The number of nitrogens with one attached hydrogen (secondary N) is 2. The zero-order chi connectivity index (χ0) is 14.4. The Labute approximate surface area is 145 Å². The maximum absolute atomic E-state index is 12.2. The third kappa shape index (κ3) is 6.69. The molecule has 0 aromatic rings. The molecule has 0 aromatic carbocycles. The summed E-state index contributed by atoms with van der Waals surface area (Å²) in [5.74, 6) is 0.00289. The average molecular weight is 355 g/mol. The summed E-state index contributed by atoms with van der Waals surface area (Å²) in [5, 5.41) is 6.09. The molecule has 22 heavy (non-hydrogen) atoms. The van der Waals surface area contributed by atoms with E-state index >= 15 is 0 Å². The lowest BCUT2D eigenvalue weighted by Crippen LogP contribution is -2.52. The Morgan fingerprint density at radius 1 is 1.05 bits per heavy atom. The molecule has 1 atom stereocenters. The minimum atomic E-state index is -0.413. The van der Waals surface area contributed by atoms with Crippen LogP contribution in [0.2, 0.25) is 0 Å². The summed E-state index contributed by atoms with van der Waals surface area (Å²) in [5.41, 5.74) is 0. The predicted molar refractivity (Wildman–Crippen MR) is 91.8 cm³/mol. The molecule has 2 amide bonds. The van der Waals surface area contributed by atoms with Gasteiger partial charge in [-0.1, -0.05) is 0 Å². The highest BCUT2D eigenvalue weighted by molar-refractivity contribution is 5.88. The molecule has 2 fully saturated rings. The largest absolute Gasteiger partial charge is 0.343 e. The SMILES string of the molecule is CC(NC(=O)CN1CCNCC1)C(=O)N1CCCCC1.Cl.Cl. The van der Waals surface area contributed by atoms with E-state index in [9.17, 15) is 9.59 Å². The second kappa shape index (κ2) is 11.0. The van der Waals surface area contributed by atoms with Crippen molar-refractivity contribution in [3.8, 4) is 0 Å². The van der Waals surface area contributed by atoms with Crippen molar-refractivity contribution in [2.75, 3.05) is 45.8 Å². The van der Waals surface area contributed by atoms with E-state index in [1.54, 1.807) is 6.92 Å². The van der Waals surface area contributed by atoms with Crippen molar-refractivity contribution in [3.05, 3.63) is 0 Å². The maximum atomic E-state index is 12.2.